The second-order valence-corrected chi connectivity index (χ2v) is 4.06. The van der Waals surface area contributed by atoms with Gasteiger partial charge in [0.2, 0.25) is 5.75 Å². The molecule has 0 N–H and O–H groups in total. The Hall–Kier alpha value is -2.17. The van der Waals surface area contributed by atoms with E-state index in [-0.39, 0.29) is 12.6 Å². The topological polar surface area (TPSA) is 54.0 Å². The van der Waals surface area contributed by atoms with Crippen molar-refractivity contribution in [3.05, 3.63) is 23.3 Å². The van der Waals surface area contributed by atoms with Gasteiger partial charge in [-0.05, 0) is 19.1 Å². The summed E-state index contributed by atoms with van der Waals surface area (Å²) in [5.41, 5.74) is 2.18. The van der Waals surface area contributed by atoms with Gasteiger partial charge in [0.25, 0.3) is 0 Å². The minimum absolute atomic E-state index is 0.247. The highest BCUT2D eigenvalue weighted by Crippen LogP contribution is 2.43. The first-order chi connectivity index (χ1) is 9.13. The van der Waals surface area contributed by atoms with Gasteiger partial charge < -0.3 is 18.9 Å². The number of carbonyl (C=O) groups excluding carboxylic acids is 1. The highest BCUT2D eigenvalue weighted by atomic mass is 16.5. The molecule has 0 radical (unpaired) electrons. The lowest BCUT2D eigenvalue weighted by atomic mass is 10.0. The number of cyclic esters (lactones) is 1. The zero-order valence-electron chi connectivity index (χ0n) is 11.4. The molecule has 102 valence electrons. The lowest BCUT2D eigenvalue weighted by molar-refractivity contribution is -0.135. The maximum absolute atomic E-state index is 11.5. The van der Waals surface area contributed by atoms with Crippen LogP contribution in [-0.4, -0.2) is 33.9 Å². The van der Waals surface area contributed by atoms with E-state index in [1.165, 1.54) is 0 Å². The van der Waals surface area contributed by atoms with Gasteiger partial charge in [-0.25, -0.2) is 4.79 Å². The van der Waals surface area contributed by atoms with E-state index >= 15 is 0 Å². The van der Waals surface area contributed by atoms with Crippen LogP contribution in [0.2, 0.25) is 0 Å². The van der Waals surface area contributed by atoms with E-state index in [4.69, 9.17) is 18.9 Å². The van der Waals surface area contributed by atoms with Gasteiger partial charge >= 0.3 is 5.97 Å². The summed E-state index contributed by atoms with van der Waals surface area (Å²) in [5, 5.41) is 0. The van der Waals surface area contributed by atoms with Crippen LogP contribution in [0.5, 0.6) is 17.2 Å². The summed E-state index contributed by atoms with van der Waals surface area (Å²) >= 11 is 0. The number of rotatable bonds is 4. The fraction of sp³-hybridized carbons (Fsp3) is 0.357. The van der Waals surface area contributed by atoms with Crippen molar-refractivity contribution < 1.29 is 23.7 Å². The van der Waals surface area contributed by atoms with Crippen LogP contribution >= 0.6 is 0 Å². The normalized spacial score (nSPS) is 14.4. The molecule has 1 aromatic rings. The Kier molecular flexibility index (Phi) is 3.64. The summed E-state index contributed by atoms with van der Waals surface area (Å²) in [6.07, 6.45) is 0. The molecular weight excluding hydrogens is 248 g/mol. The first-order valence-electron chi connectivity index (χ1n) is 5.80. The van der Waals surface area contributed by atoms with Crippen molar-refractivity contribution in [1.82, 2.24) is 0 Å². The summed E-state index contributed by atoms with van der Waals surface area (Å²) in [7, 11) is 4.65. The molecule has 0 spiro atoms. The molecule has 0 bridgehead atoms. The van der Waals surface area contributed by atoms with Crippen molar-refractivity contribution >= 4 is 11.5 Å². The Morgan fingerprint density at radius 2 is 1.74 bits per heavy atom. The molecule has 0 unspecified atom stereocenters. The smallest absolute Gasteiger partial charge is 0.334 e. The fourth-order valence-electron chi connectivity index (χ4n) is 2.10. The summed E-state index contributed by atoms with van der Waals surface area (Å²) in [6.45, 7) is 1.98. The maximum atomic E-state index is 11.5. The van der Waals surface area contributed by atoms with Crippen molar-refractivity contribution in [3.8, 4) is 17.2 Å². The lowest BCUT2D eigenvalue weighted by Gasteiger charge is -2.16. The Balaban J connectivity index is 2.62. The lowest BCUT2D eigenvalue weighted by Crippen LogP contribution is -1.99. The average Bonchev–Trinajstić information content (AvgIpc) is 2.77. The molecule has 5 heteroatoms. The van der Waals surface area contributed by atoms with E-state index < -0.39 is 0 Å². The number of hydrogen-bond acceptors (Lipinski definition) is 5. The zero-order chi connectivity index (χ0) is 14.0. The van der Waals surface area contributed by atoms with Crippen LogP contribution in [0, 0.1) is 0 Å². The van der Waals surface area contributed by atoms with Crippen molar-refractivity contribution in [2.75, 3.05) is 27.9 Å². The molecular formula is C14H16O5. The minimum atomic E-state index is -0.299. The van der Waals surface area contributed by atoms with Crippen molar-refractivity contribution in [3.63, 3.8) is 0 Å². The van der Waals surface area contributed by atoms with Gasteiger partial charge in [0.05, 0.1) is 21.3 Å². The monoisotopic (exact) mass is 264 g/mol. The van der Waals surface area contributed by atoms with Gasteiger partial charge in [-0.1, -0.05) is 0 Å². The van der Waals surface area contributed by atoms with Crippen molar-refractivity contribution in [2.45, 2.75) is 6.92 Å². The third kappa shape index (κ3) is 2.12. The van der Waals surface area contributed by atoms with Gasteiger partial charge in [0.15, 0.2) is 11.5 Å². The molecule has 1 aliphatic heterocycles. The first-order valence-corrected chi connectivity index (χ1v) is 5.80. The zero-order valence-corrected chi connectivity index (χ0v) is 11.4. The Morgan fingerprint density at radius 3 is 2.21 bits per heavy atom. The number of methoxy groups -OCH3 is 3. The molecule has 0 saturated carbocycles. The second kappa shape index (κ2) is 5.22. The van der Waals surface area contributed by atoms with Gasteiger partial charge in [-0.2, -0.15) is 0 Å². The van der Waals surface area contributed by atoms with E-state index in [9.17, 15) is 4.79 Å². The molecule has 0 atom stereocenters. The molecule has 0 aliphatic carbocycles. The molecule has 5 nitrogen and oxygen atoms in total. The molecule has 1 aromatic carbocycles. The summed E-state index contributed by atoms with van der Waals surface area (Å²) < 4.78 is 21.0. The largest absolute Gasteiger partial charge is 0.493 e. The number of esters is 1. The minimum Gasteiger partial charge on any atom is -0.493 e. The van der Waals surface area contributed by atoms with E-state index in [1.54, 1.807) is 34.3 Å². The highest BCUT2D eigenvalue weighted by Gasteiger charge is 2.26. The standard InChI is InChI=1S/C14H16O5/c1-8-10(7-19-14(8)15)9-5-6-11(16-2)13(18-4)12(9)17-3/h5-6H,7H2,1-4H3. The molecule has 19 heavy (non-hydrogen) atoms. The van der Waals surface area contributed by atoms with Gasteiger partial charge in [-0.3, -0.25) is 0 Å². The van der Waals surface area contributed by atoms with Crippen molar-refractivity contribution in [2.24, 2.45) is 0 Å². The predicted molar refractivity (Wildman–Crippen MR) is 69.7 cm³/mol. The number of benzene rings is 1. The van der Waals surface area contributed by atoms with Crippen LogP contribution in [0.25, 0.3) is 5.57 Å². The average molecular weight is 264 g/mol. The second-order valence-electron chi connectivity index (χ2n) is 4.06. The summed E-state index contributed by atoms with van der Waals surface area (Å²) in [4.78, 5) is 11.5. The maximum Gasteiger partial charge on any atom is 0.334 e. The molecule has 0 fully saturated rings. The van der Waals surface area contributed by atoms with Crippen molar-refractivity contribution in [1.29, 1.82) is 0 Å². The molecule has 2 rings (SSSR count). The van der Waals surface area contributed by atoms with Gasteiger partial charge in [0.1, 0.15) is 6.61 Å². The van der Waals surface area contributed by atoms with Crippen LogP contribution in [0.3, 0.4) is 0 Å². The van der Waals surface area contributed by atoms with Crippen LogP contribution in [0.15, 0.2) is 17.7 Å². The van der Waals surface area contributed by atoms with Crippen LogP contribution in [0.4, 0.5) is 0 Å². The molecule has 0 amide bonds. The van der Waals surface area contributed by atoms with E-state index in [2.05, 4.69) is 0 Å². The third-order valence-corrected chi connectivity index (χ3v) is 3.14. The van der Waals surface area contributed by atoms with Crippen LogP contribution in [-0.2, 0) is 9.53 Å². The van der Waals surface area contributed by atoms with E-state index in [0.717, 1.165) is 11.1 Å². The number of hydrogen-bond donors (Lipinski definition) is 0. The van der Waals surface area contributed by atoms with Gasteiger partial charge in [0, 0.05) is 16.7 Å². The molecule has 1 aliphatic rings. The first kappa shape index (κ1) is 13.3. The predicted octanol–water partition coefficient (Wildman–Crippen LogP) is 2.04. The number of carbonyl (C=O) groups is 1. The van der Waals surface area contributed by atoms with Crippen LogP contribution < -0.4 is 14.2 Å². The Bertz CT molecular complexity index is 545. The van der Waals surface area contributed by atoms with Gasteiger partial charge in [-0.15, -0.1) is 0 Å². The van der Waals surface area contributed by atoms with Crippen LogP contribution in [0.1, 0.15) is 12.5 Å². The van der Waals surface area contributed by atoms with E-state index in [1.807, 2.05) is 6.07 Å². The Labute approximate surface area is 111 Å². The third-order valence-electron chi connectivity index (χ3n) is 3.14. The van der Waals surface area contributed by atoms with E-state index in [0.29, 0.717) is 22.8 Å². The fourth-order valence-corrected chi connectivity index (χ4v) is 2.10. The number of ether oxygens (including phenoxy) is 4. The summed E-state index contributed by atoms with van der Waals surface area (Å²) in [6, 6.07) is 3.61. The molecule has 1 heterocycles. The summed E-state index contributed by atoms with van der Waals surface area (Å²) in [5.74, 6) is 1.31. The highest BCUT2D eigenvalue weighted by molar-refractivity contribution is 6.02. The molecule has 0 saturated heterocycles. The SMILES string of the molecule is COc1ccc(C2=C(C)C(=O)OC2)c(OC)c1OC. The Morgan fingerprint density at radius 1 is 1.05 bits per heavy atom. The molecule has 0 aromatic heterocycles. The quantitative estimate of drug-likeness (QED) is 0.779.